The van der Waals surface area contributed by atoms with Gasteiger partial charge < -0.3 is 15.0 Å². The highest BCUT2D eigenvalue weighted by Crippen LogP contribution is 2.17. The van der Waals surface area contributed by atoms with Crippen molar-refractivity contribution in [3.63, 3.8) is 0 Å². The van der Waals surface area contributed by atoms with E-state index in [1.54, 1.807) is 18.3 Å². The molecule has 0 aromatic carbocycles. The molecule has 0 spiro atoms. The van der Waals surface area contributed by atoms with Crippen molar-refractivity contribution in [1.82, 2.24) is 9.88 Å². The molecule has 1 saturated heterocycles. The summed E-state index contributed by atoms with van der Waals surface area (Å²) in [5.41, 5.74) is 0.503. The number of rotatable bonds is 6. The molecule has 0 amide bonds. The van der Waals surface area contributed by atoms with Crippen molar-refractivity contribution in [2.45, 2.75) is 25.7 Å². The molecular weight excluding hydrogens is 244 g/mol. The van der Waals surface area contributed by atoms with Crippen LogP contribution in [0, 0.1) is 5.92 Å². The summed E-state index contributed by atoms with van der Waals surface area (Å²) < 4.78 is 0. The molecule has 0 saturated carbocycles. The first-order valence-electron chi connectivity index (χ1n) is 6.78. The van der Waals surface area contributed by atoms with Gasteiger partial charge in [0.25, 0.3) is 0 Å². The van der Waals surface area contributed by atoms with Crippen molar-refractivity contribution in [3.8, 4) is 0 Å². The summed E-state index contributed by atoms with van der Waals surface area (Å²) in [5, 5.41) is 8.98. The standard InChI is InChI=1S/C14H20N2O3/c17-13(18)9-11(10-16-7-2-1-3-8-16)14(19)12-5-4-6-15-12/h4-6,11,15H,1-3,7-10H2,(H,17,18). The SMILES string of the molecule is O=C(O)CC(CN1CCCCC1)C(=O)c1ccc[nH]1. The minimum absolute atomic E-state index is 0.0991. The maximum atomic E-state index is 12.3. The first kappa shape index (κ1) is 13.8. The highest BCUT2D eigenvalue weighted by Gasteiger charge is 2.26. The maximum absolute atomic E-state index is 12.3. The van der Waals surface area contributed by atoms with E-state index in [-0.39, 0.29) is 12.2 Å². The topological polar surface area (TPSA) is 73.4 Å². The molecule has 2 heterocycles. The number of carbonyl (C=O) groups excluding carboxylic acids is 1. The first-order valence-corrected chi connectivity index (χ1v) is 6.78. The lowest BCUT2D eigenvalue weighted by atomic mass is 9.96. The van der Waals surface area contributed by atoms with Crippen LogP contribution in [0.3, 0.4) is 0 Å². The van der Waals surface area contributed by atoms with Gasteiger partial charge in [0.05, 0.1) is 12.1 Å². The Morgan fingerprint density at radius 3 is 2.63 bits per heavy atom. The van der Waals surface area contributed by atoms with Gasteiger partial charge in [-0.3, -0.25) is 9.59 Å². The van der Waals surface area contributed by atoms with Crippen molar-refractivity contribution >= 4 is 11.8 Å². The summed E-state index contributed by atoms with van der Waals surface area (Å²) in [6, 6.07) is 3.46. The smallest absolute Gasteiger partial charge is 0.304 e. The normalized spacial score (nSPS) is 18.1. The largest absolute Gasteiger partial charge is 0.481 e. The molecule has 19 heavy (non-hydrogen) atoms. The number of carbonyl (C=O) groups is 2. The van der Waals surface area contributed by atoms with Crippen LogP contribution in [0.5, 0.6) is 0 Å². The number of carboxylic acids is 1. The van der Waals surface area contributed by atoms with Crippen LogP contribution < -0.4 is 0 Å². The second-order valence-electron chi connectivity index (χ2n) is 5.10. The molecule has 0 radical (unpaired) electrons. The fraction of sp³-hybridized carbons (Fsp3) is 0.571. The fourth-order valence-electron chi connectivity index (χ4n) is 2.61. The van der Waals surface area contributed by atoms with Gasteiger partial charge in [-0.1, -0.05) is 6.42 Å². The third-order valence-corrected chi connectivity index (χ3v) is 3.58. The Bertz CT molecular complexity index is 422. The van der Waals surface area contributed by atoms with Crippen LogP contribution in [-0.2, 0) is 4.79 Å². The molecule has 1 atom stereocenters. The van der Waals surface area contributed by atoms with Crippen LogP contribution >= 0.6 is 0 Å². The zero-order valence-electron chi connectivity index (χ0n) is 11.0. The molecule has 1 aliphatic heterocycles. The average Bonchev–Trinajstić information content (AvgIpc) is 2.91. The lowest BCUT2D eigenvalue weighted by Gasteiger charge is -2.29. The molecule has 104 valence electrons. The van der Waals surface area contributed by atoms with Crippen LogP contribution in [0.4, 0.5) is 0 Å². The Balaban J connectivity index is 2.02. The van der Waals surface area contributed by atoms with E-state index in [2.05, 4.69) is 9.88 Å². The van der Waals surface area contributed by atoms with Crippen LogP contribution in [0.1, 0.15) is 36.2 Å². The van der Waals surface area contributed by atoms with Gasteiger partial charge in [0.1, 0.15) is 0 Å². The van der Waals surface area contributed by atoms with E-state index in [1.807, 2.05) is 0 Å². The van der Waals surface area contributed by atoms with Gasteiger partial charge in [0.2, 0.25) is 0 Å². The van der Waals surface area contributed by atoms with Gasteiger partial charge in [-0.25, -0.2) is 0 Å². The molecule has 5 heteroatoms. The third-order valence-electron chi connectivity index (χ3n) is 3.58. The van der Waals surface area contributed by atoms with Crippen molar-refractivity contribution in [3.05, 3.63) is 24.0 Å². The average molecular weight is 264 g/mol. The number of aliphatic carboxylic acids is 1. The molecule has 5 nitrogen and oxygen atoms in total. The molecular formula is C14H20N2O3. The van der Waals surface area contributed by atoms with Gasteiger partial charge >= 0.3 is 5.97 Å². The number of hydrogen-bond donors (Lipinski definition) is 2. The van der Waals surface area contributed by atoms with Gasteiger partial charge in [-0.2, -0.15) is 0 Å². The van der Waals surface area contributed by atoms with Gasteiger partial charge in [-0.05, 0) is 38.1 Å². The Kier molecular flexibility index (Phi) is 4.74. The molecule has 2 rings (SSSR count). The van der Waals surface area contributed by atoms with Crippen molar-refractivity contribution < 1.29 is 14.7 Å². The summed E-state index contributed by atoms with van der Waals surface area (Å²) >= 11 is 0. The lowest BCUT2D eigenvalue weighted by Crippen LogP contribution is -2.37. The summed E-state index contributed by atoms with van der Waals surface area (Å²) in [6.45, 7) is 2.48. The Morgan fingerprint density at radius 1 is 1.32 bits per heavy atom. The number of piperidine rings is 1. The Labute approximate surface area is 112 Å². The van der Waals surface area contributed by atoms with E-state index >= 15 is 0 Å². The quantitative estimate of drug-likeness (QED) is 0.768. The number of nitrogens with zero attached hydrogens (tertiary/aromatic N) is 1. The minimum atomic E-state index is -0.915. The maximum Gasteiger partial charge on any atom is 0.304 e. The van der Waals surface area contributed by atoms with E-state index in [0.717, 1.165) is 25.9 Å². The number of nitrogens with one attached hydrogen (secondary N) is 1. The zero-order valence-corrected chi connectivity index (χ0v) is 11.0. The number of likely N-dealkylation sites (tertiary alicyclic amines) is 1. The Hall–Kier alpha value is -1.62. The number of aromatic amines is 1. The number of H-pyrrole nitrogens is 1. The lowest BCUT2D eigenvalue weighted by molar-refractivity contribution is -0.137. The summed E-state index contributed by atoms with van der Waals surface area (Å²) in [5.74, 6) is -1.48. The molecule has 0 aliphatic carbocycles. The van der Waals surface area contributed by atoms with Crippen LogP contribution in [0.25, 0.3) is 0 Å². The summed E-state index contributed by atoms with van der Waals surface area (Å²) in [7, 11) is 0. The van der Waals surface area contributed by atoms with Crippen molar-refractivity contribution in [2.75, 3.05) is 19.6 Å². The van der Waals surface area contributed by atoms with E-state index in [4.69, 9.17) is 5.11 Å². The molecule has 1 fully saturated rings. The summed E-state index contributed by atoms with van der Waals surface area (Å²) in [6.07, 6.45) is 5.08. The molecule has 2 N–H and O–H groups in total. The number of carboxylic acid groups (broad SMARTS) is 1. The van der Waals surface area contributed by atoms with Gasteiger partial charge in [0.15, 0.2) is 5.78 Å². The van der Waals surface area contributed by atoms with Crippen molar-refractivity contribution in [2.24, 2.45) is 5.92 Å². The number of hydrogen-bond acceptors (Lipinski definition) is 3. The zero-order chi connectivity index (χ0) is 13.7. The number of ketones is 1. The second kappa shape index (κ2) is 6.52. The molecule has 1 aromatic heterocycles. The predicted octanol–water partition coefficient (Wildman–Crippen LogP) is 1.77. The van der Waals surface area contributed by atoms with Crippen LogP contribution in [0.2, 0.25) is 0 Å². The second-order valence-corrected chi connectivity index (χ2v) is 5.10. The predicted molar refractivity (Wildman–Crippen MR) is 71.2 cm³/mol. The highest BCUT2D eigenvalue weighted by molar-refractivity contribution is 5.98. The van der Waals surface area contributed by atoms with Crippen LogP contribution in [-0.4, -0.2) is 46.4 Å². The van der Waals surface area contributed by atoms with E-state index < -0.39 is 11.9 Å². The van der Waals surface area contributed by atoms with E-state index in [9.17, 15) is 9.59 Å². The number of Topliss-reactive ketones (excluding diaryl/α,β-unsaturated/α-hetero) is 1. The van der Waals surface area contributed by atoms with E-state index in [0.29, 0.717) is 12.2 Å². The van der Waals surface area contributed by atoms with E-state index in [1.165, 1.54) is 6.42 Å². The molecule has 1 aromatic rings. The van der Waals surface area contributed by atoms with Gasteiger partial charge in [-0.15, -0.1) is 0 Å². The fourth-order valence-corrected chi connectivity index (χ4v) is 2.61. The Morgan fingerprint density at radius 2 is 2.05 bits per heavy atom. The monoisotopic (exact) mass is 264 g/mol. The third kappa shape index (κ3) is 3.92. The highest BCUT2D eigenvalue weighted by atomic mass is 16.4. The summed E-state index contributed by atoms with van der Waals surface area (Å²) in [4.78, 5) is 28.3. The number of aromatic nitrogens is 1. The molecule has 1 unspecified atom stereocenters. The first-order chi connectivity index (χ1) is 9.16. The minimum Gasteiger partial charge on any atom is -0.481 e. The van der Waals surface area contributed by atoms with Crippen LogP contribution in [0.15, 0.2) is 18.3 Å². The molecule has 1 aliphatic rings. The van der Waals surface area contributed by atoms with Gasteiger partial charge in [0, 0.05) is 18.7 Å². The molecule has 0 bridgehead atoms. The van der Waals surface area contributed by atoms with Crippen molar-refractivity contribution in [1.29, 1.82) is 0 Å².